The molecule has 1 aliphatic heterocycles. The Morgan fingerprint density at radius 1 is 1.03 bits per heavy atom. The molecular formula is C26H27ClFN3O3S. The number of nitrogens with zero attached hydrogens (tertiary/aromatic N) is 1. The number of piperidine rings is 1. The molecular weight excluding hydrogens is 489 g/mol. The topological polar surface area (TPSA) is 78.5 Å². The maximum Gasteiger partial charge on any atom is 0.261 e. The zero-order valence-corrected chi connectivity index (χ0v) is 20.9. The molecule has 0 unspecified atom stereocenters. The maximum absolute atomic E-state index is 14.1. The Morgan fingerprint density at radius 3 is 2.37 bits per heavy atom. The van der Waals surface area contributed by atoms with Gasteiger partial charge in [-0.05, 0) is 80.9 Å². The molecule has 1 amide bonds. The summed E-state index contributed by atoms with van der Waals surface area (Å²) < 4.78 is 42.1. The second-order valence-electron chi connectivity index (χ2n) is 8.68. The van der Waals surface area contributed by atoms with Gasteiger partial charge >= 0.3 is 0 Å². The van der Waals surface area contributed by atoms with E-state index in [-0.39, 0.29) is 22.5 Å². The molecule has 35 heavy (non-hydrogen) atoms. The first-order chi connectivity index (χ1) is 16.7. The first-order valence-corrected chi connectivity index (χ1v) is 13.2. The number of hydrogen-bond donors (Lipinski definition) is 2. The van der Waals surface area contributed by atoms with Crippen molar-refractivity contribution in [2.24, 2.45) is 5.92 Å². The van der Waals surface area contributed by atoms with E-state index in [4.69, 9.17) is 11.6 Å². The predicted octanol–water partition coefficient (Wildman–Crippen LogP) is 5.44. The van der Waals surface area contributed by atoms with Crippen LogP contribution in [0.25, 0.3) is 0 Å². The van der Waals surface area contributed by atoms with Gasteiger partial charge in [-0.3, -0.25) is 14.4 Å². The van der Waals surface area contributed by atoms with Crippen LogP contribution in [0.1, 0.15) is 24.0 Å². The Labute approximate surface area is 210 Å². The lowest BCUT2D eigenvalue weighted by Crippen LogP contribution is -2.38. The standard InChI is InChI=1S/C26H27ClFN3O3S/c1-18-5-2-3-8-25(18)30-35(33,34)21-11-9-20(10-12-21)29-26(32)19-13-15-31(16-14-19)17-22-23(27)6-4-7-24(22)28/h2-12,19,30H,13-17H2,1H3,(H,29,32). The number of carbonyl (C=O) groups is 1. The van der Waals surface area contributed by atoms with Crippen LogP contribution in [0.3, 0.4) is 0 Å². The van der Waals surface area contributed by atoms with Crippen molar-refractivity contribution in [2.45, 2.75) is 31.2 Å². The highest BCUT2D eigenvalue weighted by molar-refractivity contribution is 7.92. The lowest BCUT2D eigenvalue weighted by molar-refractivity contribution is -0.121. The molecule has 1 fully saturated rings. The quantitative estimate of drug-likeness (QED) is 0.439. The third-order valence-electron chi connectivity index (χ3n) is 6.22. The van der Waals surface area contributed by atoms with Crippen molar-refractivity contribution in [3.8, 4) is 0 Å². The van der Waals surface area contributed by atoms with E-state index < -0.39 is 10.0 Å². The predicted molar refractivity (Wildman–Crippen MR) is 136 cm³/mol. The van der Waals surface area contributed by atoms with Gasteiger partial charge in [0, 0.05) is 28.7 Å². The van der Waals surface area contributed by atoms with Gasteiger partial charge in [-0.1, -0.05) is 35.9 Å². The van der Waals surface area contributed by atoms with Gasteiger partial charge < -0.3 is 5.32 Å². The Bertz CT molecular complexity index is 1290. The highest BCUT2D eigenvalue weighted by Crippen LogP contribution is 2.26. The summed E-state index contributed by atoms with van der Waals surface area (Å²) in [6.45, 7) is 3.55. The minimum Gasteiger partial charge on any atom is -0.326 e. The second kappa shape index (κ2) is 10.8. The number of anilines is 2. The maximum atomic E-state index is 14.1. The Kier molecular flexibility index (Phi) is 7.74. The van der Waals surface area contributed by atoms with Gasteiger partial charge in [-0.25, -0.2) is 12.8 Å². The van der Waals surface area contributed by atoms with E-state index in [0.29, 0.717) is 54.4 Å². The molecule has 4 rings (SSSR count). The number of likely N-dealkylation sites (tertiary alicyclic amines) is 1. The molecule has 3 aromatic rings. The summed E-state index contributed by atoms with van der Waals surface area (Å²) in [4.78, 5) is 15.0. The average Bonchev–Trinajstić information content (AvgIpc) is 2.83. The van der Waals surface area contributed by atoms with Crippen molar-refractivity contribution >= 4 is 38.9 Å². The van der Waals surface area contributed by atoms with E-state index in [9.17, 15) is 17.6 Å². The number of rotatable bonds is 7. The number of nitrogens with one attached hydrogen (secondary N) is 2. The number of sulfonamides is 1. The lowest BCUT2D eigenvalue weighted by atomic mass is 9.95. The summed E-state index contributed by atoms with van der Waals surface area (Å²) in [7, 11) is -3.74. The lowest BCUT2D eigenvalue weighted by Gasteiger charge is -2.31. The Morgan fingerprint density at radius 2 is 1.71 bits per heavy atom. The largest absolute Gasteiger partial charge is 0.326 e. The van der Waals surface area contributed by atoms with E-state index in [1.54, 1.807) is 36.4 Å². The van der Waals surface area contributed by atoms with Crippen LogP contribution < -0.4 is 10.0 Å². The number of amides is 1. The summed E-state index contributed by atoms with van der Waals surface area (Å²) in [6.07, 6.45) is 1.29. The monoisotopic (exact) mass is 515 g/mol. The highest BCUT2D eigenvalue weighted by Gasteiger charge is 2.26. The van der Waals surface area contributed by atoms with Crippen LogP contribution in [0.2, 0.25) is 5.02 Å². The molecule has 0 aromatic heterocycles. The summed E-state index contributed by atoms with van der Waals surface area (Å²) in [5.41, 5.74) is 2.35. The zero-order chi connectivity index (χ0) is 25.0. The summed E-state index contributed by atoms with van der Waals surface area (Å²) in [6, 6.07) is 17.9. The summed E-state index contributed by atoms with van der Waals surface area (Å²) in [5.74, 6) is -0.604. The third kappa shape index (κ3) is 6.20. The molecule has 0 radical (unpaired) electrons. The van der Waals surface area contributed by atoms with Crippen LogP contribution in [0.15, 0.2) is 71.6 Å². The molecule has 3 aromatic carbocycles. The van der Waals surface area contributed by atoms with Crippen molar-refractivity contribution in [1.29, 1.82) is 0 Å². The fourth-order valence-electron chi connectivity index (χ4n) is 4.11. The van der Waals surface area contributed by atoms with Crippen molar-refractivity contribution in [1.82, 2.24) is 4.90 Å². The van der Waals surface area contributed by atoms with Crippen LogP contribution in [0, 0.1) is 18.7 Å². The van der Waals surface area contributed by atoms with E-state index >= 15 is 0 Å². The molecule has 0 aliphatic carbocycles. The minimum atomic E-state index is -3.74. The molecule has 9 heteroatoms. The van der Waals surface area contributed by atoms with Gasteiger partial charge in [-0.2, -0.15) is 0 Å². The van der Waals surface area contributed by atoms with Gasteiger partial charge in [-0.15, -0.1) is 0 Å². The number of aryl methyl sites for hydroxylation is 1. The minimum absolute atomic E-state index is 0.109. The molecule has 1 aliphatic rings. The van der Waals surface area contributed by atoms with Gasteiger partial charge in [0.15, 0.2) is 0 Å². The first-order valence-electron chi connectivity index (χ1n) is 11.4. The van der Waals surface area contributed by atoms with Crippen LogP contribution in [0.5, 0.6) is 0 Å². The molecule has 1 heterocycles. The fourth-order valence-corrected chi connectivity index (χ4v) is 5.47. The molecule has 2 N–H and O–H groups in total. The van der Waals surface area contributed by atoms with Gasteiger partial charge in [0.05, 0.1) is 10.6 Å². The van der Waals surface area contributed by atoms with Crippen LogP contribution >= 0.6 is 11.6 Å². The van der Waals surface area contributed by atoms with Crippen LogP contribution in [0.4, 0.5) is 15.8 Å². The van der Waals surface area contributed by atoms with E-state index in [1.807, 2.05) is 19.1 Å². The van der Waals surface area contributed by atoms with E-state index in [1.165, 1.54) is 18.2 Å². The number of carbonyl (C=O) groups excluding carboxylic acids is 1. The van der Waals surface area contributed by atoms with E-state index in [0.717, 1.165) is 5.56 Å². The normalized spacial score (nSPS) is 15.1. The first kappa shape index (κ1) is 25.2. The molecule has 1 saturated heterocycles. The van der Waals surface area contributed by atoms with Gasteiger partial charge in [0.2, 0.25) is 5.91 Å². The molecule has 0 spiro atoms. The average molecular weight is 516 g/mol. The number of para-hydroxylation sites is 1. The number of hydrogen-bond acceptors (Lipinski definition) is 4. The second-order valence-corrected chi connectivity index (χ2v) is 10.8. The molecule has 6 nitrogen and oxygen atoms in total. The molecule has 0 bridgehead atoms. The molecule has 0 saturated carbocycles. The van der Waals surface area contributed by atoms with E-state index in [2.05, 4.69) is 14.9 Å². The molecule has 184 valence electrons. The van der Waals surface area contributed by atoms with Gasteiger partial charge in [0.25, 0.3) is 10.0 Å². The number of halogens is 2. The van der Waals surface area contributed by atoms with Crippen molar-refractivity contribution in [3.05, 3.63) is 88.7 Å². The summed E-state index contributed by atoms with van der Waals surface area (Å²) in [5, 5.41) is 3.28. The zero-order valence-electron chi connectivity index (χ0n) is 19.3. The Hall–Kier alpha value is -2.94. The van der Waals surface area contributed by atoms with Crippen molar-refractivity contribution < 1.29 is 17.6 Å². The smallest absolute Gasteiger partial charge is 0.261 e. The Balaban J connectivity index is 1.31. The van der Waals surface area contributed by atoms with Gasteiger partial charge in [0.1, 0.15) is 5.82 Å². The van der Waals surface area contributed by atoms with Crippen LogP contribution in [-0.4, -0.2) is 32.3 Å². The molecule has 0 atom stereocenters. The fraction of sp³-hybridized carbons (Fsp3) is 0.269. The number of benzene rings is 3. The van der Waals surface area contributed by atoms with Crippen molar-refractivity contribution in [3.63, 3.8) is 0 Å². The summed E-state index contributed by atoms with van der Waals surface area (Å²) >= 11 is 6.13. The van der Waals surface area contributed by atoms with Crippen LogP contribution in [-0.2, 0) is 21.4 Å². The highest BCUT2D eigenvalue weighted by atomic mass is 35.5. The third-order valence-corrected chi connectivity index (χ3v) is 7.96. The van der Waals surface area contributed by atoms with Crippen molar-refractivity contribution in [2.75, 3.05) is 23.1 Å². The SMILES string of the molecule is Cc1ccccc1NS(=O)(=O)c1ccc(NC(=O)C2CCN(Cc3c(F)cccc3Cl)CC2)cc1.